The Hall–Kier alpha value is -2.21. The first-order valence-corrected chi connectivity index (χ1v) is 8.55. The molecule has 2 aliphatic rings. The standard InChI is InChI=1S/C18H21N3O3/c22-18(16-17(13-6-7-13)24-12-20-16)21(11-15-5-3-9-23-15)10-14-4-1-2-8-19-14/h1-2,4,8,12-13,15H,3,5-7,9-11H2. The Balaban J connectivity index is 1.55. The highest BCUT2D eigenvalue weighted by Gasteiger charge is 2.34. The van der Waals surface area contributed by atoms with Crippen molar-refractivity contribution < 1.29 is 13.9 Å². The van der Waals surface area contributed by atoms with Crippen molar-refractivity contribution in [2.24, 2.45) is 0 Å². The molecule has 0 aromatic carbocycles. The lowest BCUT2D eigenvalue weighted by Gasteiger charge is -2.24. The lowest BCUT2D eigenvalue weighted by atomic mass is 10.2. The monoisotopic (exact) mass is 327 g/mol. The molecule has 0 N–H and O–H groups in total. The van der Waals surface area contributed by atoms with E-state index in [-0.39, 0.29) is 12.0 Å². The third kappa shape index (κ3) is 3.33. The van der Waals surface area contributed by atoms with Crippen LogP contribution in [0.1, 0.15) is 53.5 Å². The number of carbonyl (C=O) groups excluding carboxylic acids is 1. The predicted molar refractivity (Wildman–Crippen MR) is 86.4 cm³/mol. The molecule has 1 saturated carbocycles. The van der Waals surface area contributed by atoms with Crippen LogP contribution in [0.15, 0.2) is 35.2 Å². The maximum atomic E-state index is 13.1. The Morgan fingerprint density at radius 2 is 2.17 bits per heavy atom. The molecule has 1 amide bonds. The molecule has 6 heteroatoms. The van der Waals surface area contributed by atoms with E-state index in [4.69, 9.17) is 9.15 Å². The van der Waals surface area contributed by atoms with E-state index in [1.165, 1.54) is 6.39 Å². The summed E-state index contributed by atoms with van der Waals surface area (Å²) in [5.74, 6) is 0.996. The van der Waals surface area contributed by atoms with E-state index in [1.807, 2.05) is 18.2 Å². The molecule has 2 aromatic rings. The highest BCUT2D eigenvalue weighted by atomic mass is 16.5. The fraction of sp³-hybridized carbons (Fsp3) is 0.500. The lowest BCUT2D eigenvalue weighted by Crippen LogP contribution is -2.37. The third-order valence-electron chi connectivity index (χ3n) is 4.56. The molecule has 1 aliphatic heterocycles. The van der Waals surface area contributed by atoms with Gasteiger partial charge >= 0.3 is 0 Å². The van der Waals surface area contributed by atoms with Crippen LogP contribution >= 0.6 is 0 Å². The average Bonchev–Trinajstić information content (AvgIpc) is 3.11. The number of carbonyl (C=O) groups is 1. The molecule has 4 rings (SSSR count). The minimum absolute atomic E-state index is 0.0909. The molecule has 0 spiro atoms. The summed E-state index contributed by atoms with van der Waals surface area (Å²) in [5, 5.41) is 0. The molecular formula is C18H21N3O3. The van der Waals surface area contributed by atoms with Gasteiger partial charge in [0.2, 0.25) is 0 Å². The van der Waals surface area contributed by atoms with Gasteiger partial charge in [0, 0.05) is 25.3 Å². The normalized spacial score (nSPS) is 20.2. The van der Waals surface area contributed by atoms with Crippen LogP contribution in [0.25, 0.3) is 0 Å². The van der Waals surface area contributed by atoms with Crippen molar-refractivity contribution in [3.8, 4) is 0 Å². The van der Waals surface area contributed by atoms with E-state index in [1.54, 1.807) is 11.1 Å². The molecular weight excluding hydrogens is 306 g/mol. The number of amides is 1. The molecule has 0 radical (unpaired) electrons. The summed E-state index contributed by atoms with van der Waals surface area (Å²) in [7, 11) is 0. The first-order valence-electron chi connectivity index (χ1n) is 8.55. The van der Waals surface area contributed by atoms with E-state index < -0.39 is 0 Å². The largest absolute Gasteiger partial charge is 0.447 e. The van der Waals surface area contributed by atoms with Crippen LogP contribution in [0, 0.1) is 0 Å². The van der Waals surface area contributed by atoms with Gasteiger partial charge in [0.1, 0.15) is 5.76 Å². The van der Waals surface area contributed by atoms with Gasteiger partial charge < -0.3 is 14.1 Å². The Morgan fingerprint density at radius 3 is 2.88 bits per heavy atom. The molecule has 1 aliphatic carbocycles. The second-order valence-electron chi connectivity index (χ2n) is 6.48. The number of nitrogens with zero attached hydrogens (tertiary/aromatic N) is 3. The first-order chi connectivity index (χ1) is 11.8. The Morgan fingerprint density at radius 1 is 1.25 bits per heavy atom. The van der Waals surface area contributed by atoms with Crippen LogP contribution in [0.3, 0.4) is 0 Å². The van der Waals surface area contributed by atoms with E-state index in [0.29, 0.717) is 24.7 Å². The van der Waals surface area contributed by atoms with Crippen LogP contribution in [0.4, 0.5) is 0 Å². The Labute approximate surface area is 140 Å². The fourth-order valence-electron chi connectivity index (χ4n) is 3.14. The van der Waals surface area contributed by atoms with Gasteiger partial charge in [-0.3, -0.25) is 9.78 Å². The summed E-state index contributed by atoms with van der Waals surface area (Å²) >= 11 is 0. The molecule has 1 saturated heterocycles. The van der Waals surface area contributed by atoms with E-state index >= 15 is 0 Å². The quantitative estimate of drug-likeness (QED) is 0.816. The van der Waals surface area contributed by atoms with Gasteiger partial charge in [-0.2, -0.15) is 0 Å². The molecule has 0 bridgehead atoms. The number of ether oxygens (including phenoxy) is 1. The molecule has 126 valence electrons. The van der Waals surface area contributed by atoms with Gasteiger partial charge in [-0.25, -0.2) is 4.98 Å². The Kier molecular flexibility index (Phi) is 4.30. The Bertz CT molecular complexity index is 691. The van der Waals surface area contributed by atoms with Crippen molar-refractivity contribution in [2.75, 3.05) is 13.2 Å². The van der Waals surface area contributed by atoms with Crippen molar-refractivity contribution in [2.45, 2.75) is 44.2 Å². The minimum atomic E-state index is -0.0909. The smallest absolute Gasteiger partial charge is 0.276 e. The van der Waals surface area contributed by atoms with Gasteiger partial charge in [-0.15, -0.1) is 0 Å². The molecule has 6 nitrogen and oxygen atoms in total. The van der Waals surface area contributed by atoms with Crippen molar-refractivity contribution in [1.29, 1.82) is 0 Å². The summed E-state index contributed by atoms with van der Waals surface area (Å²) in [6.07, 6.45) is 7.40. The van der Waals surface area contributed by atoms with Gasteiger partial charge in [-0.1, -0.05) is 6.07 Å². The van der Waals surface area contributed by atoms with Gasteiger partial charge in [0.15, 0.2) is 12.1 Å². The number of rotatable bonds is 6. The van der Waals surface area contributed by atoms with Crippen molar-refractivity contribution >= 4 is 5.91 Å². The maximum Gasteiger partial charge on any atom is 0.276 e. The van der Waals surface area contributed by atoms with Crippen molar-refractivity contribution in [3.63, 3.8) is 0 Å². The van der Waals surface area contributed by atoms with E-state index in [0.717, 1.165) is 43.7 Å². The third-order valence-corrected chi connectivity index (χ3v) is 4.56. The van der Waals surface area contributed by atoms with Gasteiger partial charge in [0.05, 0.1) is 18.3 Å². The lowest BCUT2D eigenvalue weighted by molar-refractivity contribution is 0.0498. The number of pyridine rings is 1. The summed E-state index contributed by atoms with van der Waals surface area (Å²) in [5.41, 5.74) is 1.31. The topological polar surface area (TPSA) is 68.5 Å². The summed E-state index contributed by atoms with van der Waals surface area (Å²) in [6.45, 7) is 1.79. The first kappa shape index (κ1) is 15.3. The zero-order chi connectivity index (χ0) is 16.4. The SMILES string of the molecule is O=C(c1ncoc1C1CC1)N(Cc1ccccn1)CC1CCCO1. The minimum Gasteiger partial charge on any atom is -0.447 e. The van der Waals surface area contributed by atoms with Crippen LogP contribution in [0.5, 0.6) is 0 Å². The number of hydrogen-bond acceptors (Lipinski definition) is 5. The number of oxazole rings is 1. The van der Waals surface area contributed by atoms with Crippen LogP contribution in [-0.2, 0) is 11.3 Å². The second-order valence-corrected chi connectivity index (χ2v) is 6.48. The molecule has 3 heterocycles. The summed E-state index contributed by atoms with van der Waals surface area (Å²) < 4.78 is 11.2. The molecule has 2 fully saturated rings. The maximum absolute atomic E-state index is 13.1. The van der Waals surface area contributed by atoms with Crippen LogP contribution in [-0.4, -0.2) is 40.0 Å². The highest BCUT2D eigenvalue weighted by Crippen LogP contribution is 2.41. The van der Waals surface area contributed by atoms with E-state index in [2.05, 4.69) is 9.97 Å². The summed E-state index contributed by atoms with van der Waals surface area (Å²) in [6, 6.07) is 5.74. The zero-order valence-electron chi connectivity index (χ0n) is 13.6. The predicted octanol–water partition coefficient (Wildman–Crippen LogP) is 2.77. The average molecular weight is 327 g/mol. The molecule has 1 atom stereocenters. The van der Waals surface area contributed by atoms with Gasteiger partial charge in [-0.05, 0) is 37.8 Å². The fourth-order valence-corrected chi connectivity index (χ4v) is 3.14. The van der Waals surface area contributed by atoms with E-state index in [9.17, 15) is 4.79 Å². The van der Waals surface area contributed by atoms with Gasteiger partial charge in [0.25, 0.3) is 5.91 Å². The molecule has 24 heavy (non-hydrogen) atoms. The molecule has 1 unspecified atom stereocenters. The molecule has 2 aromatic heterocycles. The van der Waals surface area contributed by atoms with Crippen molar-refractivity contribution in [1.82, 2.24) is 14.9 Å². The highest BCUT2D eigenvalue weighted by molar-refractivity contribution is 5.93. The van der Waals surface area contributed by atoms with Crippen LogP contribution in [0.2, 0.25) is 0 Å². The number of hydrogen-bond donors (Lipinski definition) is 0. The summed E-state index contributed by atoms with van der Waals surface area (Å²) in [4.78, 5) is 23.4. The second kappa shape index (κ2) is 6.73. The number of aromatic nitrogens is 2. The van der Waals surface area contributed by atoms with Crippen LogP contribution < -0.4 is 0 Å². The van der Waals surface area contributed by atoms with Crippen molar-refractivity contribution in [3.05, 3.63) is 47.9 Å². The zero-order valence-corrected chi connectivity index (χ0v) is 13.6.